The number of rotatable bonds is 6. The average Bonchev–Trinajstić information content (AvgIpc) is 2.65. The predicted octanol–water partition coefficient (Wildman–Crippen LogP) is 8.11. The molecule has 0 radical (unpaired) electrons. The van der Waals surface area contributed by atoms with Crippen LogP contribution in [0.5, 0.6) is 11.5 Å². The van der Waals surface area contributed by atoms with Crippen LogP contribution in [0, 0.1) is 10.8 Å². The molecule has 33 heavy (non-hydrogen) atoms. The van der Waals surface area contributed by atoms with E-state index in [9.17, 15) is 10.2 Å². The van der Waals surface area contributed by atoms with Crippen LogP contribution in [0.2, 0.25) is 20.1 Å². The van der Waals surface area contributed by atoms with Gasteiger partial charge in [0, 0.05) is 16.2 Å². The summed E-state index contributed by atoms with van der Waals surface area (Å²) in [4.78, 5) is 0. The molecule has 2 rings (SSSR count). The number of ether oxygens (including phenoxy) is 2. The van der Waals surface area contributed by atoms with Crippen LogP contribution >= 0.6 is 46.4 Å². The predicted molar refractivity (Wildman–Crippen MR) is 137 cm³/mol. The zero-order valence-electron chi connectivity index (χ0n) is 20.2. The van der Waals surface area contributed by atoms with Gasteiger partial charge < -0.3 is 19.7 Å². The van der Waals surface area contributed by atoms with Gasteiger partial charge in [-0.2, -0.15) is 0 Å². The summed E-state index contributed by atoms with van der Waals surface area (Å²) >= 11 is 26.0. The second-order valence-electron chi connectivity index (χ2n) is 10.8. The Hall–Kier alpha value is -0.880. The summed E-state index contributed by atoms with van der Waals surface area (Å²) < 4.78 is 11.3. The van der Waals surface area contributed by atoms with Gasteiger partial charge in [-0.25, -0.2) is 0 Å². The molecular formula is C25H32Cl4O4. The van der Waals surface area contributed by atoms with Gasteiger partial charge in [-0.3, -0.25) is 0 Å². The molecule has 0 saturated carbocycles. The highest BCUT2D eigenvalue weighted by Gasteiger charge is 2.31. The molecule has 2 aromatic carbocycles. The summed E-state index contributed by atoms with van der Waals surface area (Å²) in [5.74, 6) is 0.438. The molecule has 184 valence electrons. The van der Waals surface area contributed by atoms with E-state index in [0.717, 1.165) is 11.1 Å². The Morgan fingerprint density at radius 3 is 1.03 bits per heavy atom. The Balaban J connectivity index is 2.44. The topological polar surface area (TPSA) is 58.9 Å². The van der Waals surface area contributed by atoms with Gasteiger partial charge in [0.1, 0.15) is 0 Å². The van der Waals surface area contributed by atoms with Crippen molar-refractivity contribution >= 4 is 46.4 Å². The molecule has 2 aromatic rings. The molecule has 2 N–H and O–H groups in total. The van der Waals surface area contributed by atoms with E-state index in [1.807, 2.05) is 55.4 Å². The van der Waals surface area contributed by atoms with E-state index < -0.39 is 28.8 Å². The Kier molecular flexibility index (Phi) is 8.60. The average molecular weight is 538 g/mol. The Labute approximate surface area is 216 Å². The molecule has 0 aliphatic carbocycles. The zero-order chi connectivity index (χ0) is 25.5. The fourth-order valence-corrected chi connectivity index (χ4v) is 3.96. The lowest BCUT2D eigenvalue weighted by atomic mass is 9.78. The van der Waals surface area contributed by atoms with E-state index in [4.69, 9.17) is 55.9 Å². The lowest BCUT2D eigenvalue weighted by Crippen LogP contribution is -2.32. The van der Waals surface area contributed by atoms with Crippen LogP contribution in [0.3, 0.4) is 0 Å². The van der Waals surface area contributed by atoms with Crippen molar-refractivity contribution in [2.24, 2.45) is 10.8 Å². The second-order valence-corrected chi connectivity index (χ2v) is 12.5. The van der Waals surface area contributed by atoms with Crippen LogP contribution < -0.4 is 9.47 Å². The molecule has 0 amide bonds. The standard InChI is InChI=1S/C25H32Cl4O4/c1-23(2,3)21(30)32-19-15(26)9-13(10-16(19)27)25(7,8)14-11-17(28)20(18(29)12-14)33-22(31)24(4,5)6/h9-12,21-22,30-31H,1-8H3. The zero-order valence-corrected chi connectivity index (χ0v) is 23.2. The first kappa shape index (κ1) is 28.4. The van der Waals surface area contributed by atoms with Gasteiger partial charge in [0.05, 0.1) is 20.1 Å². The molecule has 8 heteroatoms. The van der Waals surface area contributed by atoms with Gasteiger partial charge in [-0.05, 0) is 35.4 Å². The van der Waals surface area contributed by atoms with Crippen LogP contribution in [-0.2, 0) is 5.41 Å². The van der Waals surface area contributed by atoms with E-state index in [0.29, 0.717) is 0 Å². The van der Waals surface area contributed by atoms with Crippen LogP contribution in [0.4, 0.5) is 0 Å². The summed E-state index contributed by atoms with van der Waals surface area (Å²) in [5.41, 5.74) is -0.0234. The second kappa shape index (κ2) is 10.0. The van der Waals surface area contributed by atoms with Gasteiger partial charge in [0.25, 0.3) is 0 Å². The fourth-order valence-electron chi connectivity index (χ4n) is 2.81. The maximum atomic E-state index is 10.3. The molecule has 0 heterocycles. The molecule has 0 aliphatic rings. The highest BCUT2D eigenvalue weighted by molar-refractivity contribution is 6.38. The van der Waals surface area contributed by atoms with Gasteiger partial charge in [-0.15, -0.1) is 0 Å². The Morgan fingerprint density at radius 1 is 0.576 bits per heavy atom. The SMILES string of the molecule is CC(C)(c1cc(Cl)c(OC(O)C(C)(C)C)c(Cl)c1)c1cc(Cl)c(OC(O)C(C)(C)C)c(Cl)c1. The minimum absolute atomic E-state index is 0.219. The lowest BCUT2D eigenvalue weighted by molar-refractivity contribution is -0.0932. The maximum absolute atomic E-state index is 10.3. The number of hydrogen-bond acceptors (Lipinski definition) is 4. The third-order valence-electron chi connectivity index (χ3n) is 5.38. The smallest absolute Gasteiger partial charge is 0.202 e. The van der Waals surface area contributed by atoms with Gasteiger partial charge in [0.15, 0.2) is 11.5 Å². The minimum atomic E-state index is -1.08. The van der Waals surface area contributed by atoms with Crippen molar-refractivity contribution < 1.29 is 19.7 Å². The first-order valence-corrected chi connectivity index (χ1v) is 12.1. The lowest BCUT2D eigenvalue weighted by Gasteiger charge is -2.30. The summed E-state index contributed by atoms with van der Waals surface area (Å²) in [6.07, 6.45) is -2.17. The summed E-state index contributed by atoms with van der Waals surface area (Å²) in [6, 6.07) is 6.98. The summed E-state index contributed by atoms with van der Waals surface area (Å²) in [7, 11) is 0. The number of benzene rings is 2. The van der Waals surface area contributed by atoms with E-state index >= 15 is 0 Å². The van der Waals surface area contributed by atoms with Crippen molar-refractivity contribution in [3.63, 3.8) is 0 Å². The summed E-state index contributed by atoms with van der Waals surface area (Å²) in [6.45, 7) is 15.0. The van der Waals surface area contributed by atoms with E-state index in [2.05, 4.69) is 0 Å². The first-order chi connectivity index (χ1) is 14.9. The van der Waals surface area contributed by atoms with Crippen molar-refractivity contribution in [2.45, 2.75) is 73.4 Å². The molecule has 2 unspecified atom stereocenters. The molecule has 2 atom stereocenters. The molecule has 0 aromatic heterocycles. The molecule has 0 bridgehead atoms. The number of hydrogen-bond donors (Lipinski definition) is 2. The molecule has 4 nitrogen and oxygen atoms in total. The van der Waals surface area contributed by atoms with Crippen molar-refractivity contribution in [3.8, 4) is 11.5 Å². The number of aliphatic hydroxyl groups is 2. The molecule has 0 spiro atoms. The van der Waals surface area contributed by atoms with Crippen LogP contribution in [0.25, 0.3) is 0 Å². The van der Waals surface area contributed by atoms with E-state index in [1.165, 1.54) is 0 Å². The van der Waals surface area contributed by atoms with Crippen molar-refractivity contribution in [1.82, 2.24) is 0 Å². The van der Waals surface area contributed by atoms with Gasteiger partial charge in [0.2, 0.25) is 12.6 Å². The largest absolute Gasteiger partial charge is 0.461 e. The number of aliphatic hydroxyl groups excluding tert-OH is 2. The Morgan fingerprint density at radius 2 is 0.818 bits per heavy atom. The quantitative estimate of drug-likeness (QED) is 0.365. The van der Waals surface area contributed by atoms with E-state index in [-0.39, 0.29) is 31.6 Å². The Bertz CT molecular complexity index is 881. The van der Waals surface area contributed by atoms with E-state index in [1.54, 1.807) is 24.3 Å². The third kappa shape index (κ3) is 6.62. The molecule has 0 fully saturated rings. The minimum Gasteiger partial charge on any atom is -0.461 e. The third-order valence-corrected chi connectivity index (χ3v) is 6.50. The first-order valence-electron chi connectivity index (χ1n) is 10.5. The van der Waals surface area contributed by atoms with Crippen molar-refractivity contribution in [3.05, 3.63) is 55.5 Å². The molecular weight excluding hydrogens is 506 g/mol. The van der Waals surface area contributed by atoms with Crippen LogP contribution in [0.15, 0.2) is 24.3 Å². The molecule has 0 aliphatic heterocycles. The monoisotopic (exact) mass is 536 g/mol. The van der Waals surface area contributed by atoms with Crippen LogP contribution in [-0.4, -0.2) is 22.8 Å². The maximum Gasteiger partial charge on any atom is 0.202 e. The summed E-state index contributed by atoms with van der Waals surface area (Å²) in [5, 5.41) is 21.7. The van der Waals surface area contributed by atoms with Gasteiger partial charge >= 0.3 is 0 Å². The highest BCUT2D eigenvalue weighted by atomic mass is 35.5. The number of halogens is 4. The fraction of sp³-hybridized carbons (Fsp3) is 0.520. The normalized spacial score (nSPS) is 14.7. The van der Waals surface area contributed by atoms with Crippen LogP contribution in [0.1, 0.15) is 66.5 Å². The van der Waals surface area contributed by atoms with Gasteiger partial charge in [-0.1, -0.05) is 102 Å². The molecule has 0 saturated heterocycles. The highest BCUT2D eigenvalue weighted by Crippen LogP contribution is 2.45. The van der Waals surface area contributed by atoms with Crippen molar-refractivity contribution in [1.29, 1.82) is 0 Å². The van der Waals surface area contributed by atoms with Crippen molar-refractivity contribution in [2.75, 3.05) is 0 Å².